The number of aryl methyl sites for hydroxylation is 3. The van der Waals surface area contributed by atoms with Gasteiger partial charge in [-0.05, 0) is 110 Å². The number of methoxy groups -OCH3 is 1. The number of benzene rings is 6. The molecule has 1 amide bonds. The Bertz CT molecular complexity index is 4800. The van der Waals surface area contributed by atoms with E-state index in [0.29, 0.717) is 61.7 Å². The molecule has 90 heavy (non-hydrogen) atoms. The number of nitrogens with one attached hydrogen (secondary N) is 1. The highest BCUT2D eigenvalue weighted by Crippen LogP contribution is 2.35. The van der Waals surface area contributed by atoms with Crippen molar-refractivity contribution in [3.05, 3.63) is 228 Å². The maximum atomic E-state index is 15.2. The number of para-hydroxylation sites is 3. The summed E-state index contributed by atoms with van der Waals surface area (Å²) in [6, 6.07) is 39.1. The Balaban J connectivity index is 0.000000177. The van der Waals surface area contributed by atoms with Gasteiger partial charge in [0.1, 0.15) is 35.3 Å². The predicted molar refractivity (Wildman–Crippen MR) is 337 cm³/mol. The number of carbonyl (C=O) groups is 3. The molecule has 460 valence electrons. The van der Waals surface area contributed by atoms with Crippen LogP contribution in [0.1, 0.15) is 21.5 Å². The number of morpholine rings is 1. The number of aromatic nitrogens is 5. The van der Waals surface area contributed by atoms with Crippen LogP contribution in [0.25, 0.3) is 76.8 Å². The van der Waals surface area contributed by atoms with Gasteiger partial charge >= 0.3 is 18.1 Å². The van der Waals surface area contributed by atoms with E-state index in [2.05, 4.69) is 31.2 Å². The van der Waals surface area contributed by atoms with Crippen molar-refractivity contribution in [2.45, 2.75) is 37.1 Å². The monoisotopic (exact) mass is 1290 g/mol. The third-order valence-electron chi connectivity index (χ3n) is 15.7. The van der Waals surface area contributed by atoms with Crippen LogP contribution in [0.3, 0.4) is 0 Å². The van der Waals surface area contributed by atoms with E-state index in [-0.39, 0.29) is 36.3 Å². The fraction of sp³-hybridized carbons (Fsp3) is 0.194. The minimum atomic E-state index is -4.75. The number of hydrogen-bond donors (Lipinski definition) is 3. The number of pyridine rings is 5. The summed E-state index contributed by atoms with van der Waals surface area (Å²) in [6.07, 6.45) is -1.55. The lowest BCUT2D eigenvalue weighted by molar-refractivity contribution is -0.167. The summed E-state index contributed by atoms with van der Waals surface area (Å²) in [5.41, 5.74) is 11.1. The van der Waals surface area contributed by atoms with E-state index in [0.717, 1.165) is 54.1 Å². The number of carbonyl (C=O) groups excluding carboxylic acids is 2. The third-order valence-corrected chi connectivity index (χ3v) is 16.3. The van der Waals surface area contributed by atoms with Crippen LogP contribution >= 0.6 is 15.9 Å². The average Bonchev–Trinajstić information content (AvgIpc) is 0.835. The normalized spacial score (nSPS) is 13.9. The molecule has 3 atom stereocenters. The van der Waals surface area contributed by atoms with Gasteiger partial charge in [0, 0.05) is 85.2 Å². The second kappa shape index (κ2) is 26.4. The quantitative estimate of drug-likeness (QED) is 0.0811. The van der Waals surface area contributed by atoms with Gasteiger partial charge in [-0.25, -0.2) is 13.6 Å². The molecular formula is C67H56BrF5N8O9. The number of nitrogens with two attached hydrogens (primary N) is 1. The first-order valence-electron chi connectivity index (χ1n) is 28.0. The standard InChI is InChI=1S/C34H27F5N4O5.C23H21N3O3.C10H8BrNO/c1-42-27-7-3-2-5-19(27)13-23(32(42)45)22-9-8-18(21-6-4-10-40-30(21)22)14-26(33(46)47)41-31(44)29-24(35)15-20(16-25(29)36)43-11-12-48-17-28(43)34(37,38)39;1-26-20-8-4-3-6-15(20)12-18(22(26)27)17-10-9-14(13-19(24)23(28)29-2)16-7-5-11-25-21(16)17;1-12-9-5-3-2-4-7(9)6-8(11)10(12)13/h2-10,13,15-16,26,28H,11-12,14,17H2,1H3,(H,41,44)(H,46,47);3-12,19H,13,24H2,1-2H3;2-6H,1H3/t26-,28+;19-;/m00./s1. The van der Waals surface area contributed by atoms with E-state index in [4.69, 9.17) is 15.2 Å². The lowest BCUT2D eigenvalue weighted by atomic mass is 9.95. The number of carboxylic acids is 1. The minimum Gasteiger partial charge on any atom is -0.480 e. The number of ether oxygens (including phenoxy) is 2. The molecule has 4 N–H and O–H groups in total. The van der Waals surface area contributed by atoms with Crippen LogP contribution in [0.5, 0.6) is 0 Å². The Morgan fingerprint density at radius 2 is 1.13 bits per heavy atom. The molecule has 17 nitrogen and oxygen atoms in total. The highest BCUT2D eigenvalue weighted by molar-refractivity contribution is 9.10. The first kappa shape index (κ1) is 63.1. The summed E-state index contributed by atoms with van der Waals surface area (Å²) in [5, 5.41) is 16.3. The Kier molecular flexibility index (Phi) is 18.5. The maximum Gasteiger partial charge on any atom is 0.411 e. The van der Waals surface area contributed by atoms with Gasteiger partial charge in [0.05, 0.1) is 52.4 Å². The summed E-state index contributed by atoms with van der Waals surface area (Å²) in [5.74, 6) is -6.30. The molecule has 6 aromatic carbocycles. The number of anilines is 1. The molecule has 0 aliphatic carbocycles. The first-order chi connectivity index (χ1) is 43.1. The Morgan fingerprint density at radius 3 is 1.61 bits per heavy atom. The molecule has 6 heterocycles. The fourth-order valence-electron chi connectivity index (χ4n) is 11.1. The number of nitrogens with zero attached hydrogens (tertiary/aromatic N) is 6. The Labute approximate surface area is 517 Å². The molecule has 1 saturated heterocycles. The van der Waals surface area contributed by atoms with Crippen LogP contribution in [0, 0.1) is 11.6 Å². The number of alkyl halides is 3. The number of esters is 1. The predicted octanol–water partition coefficient (Wildman–Crippen LogP) is 10.3. The number of hydrogen-bond acceptors (Lipinski definition) is 12. The van der Waals surface area contributed by atoms with Crippen molar-refractivity contribution < 1.29 is 50.9 Å². The first-order valence-corrected chi connectivity index (χ1v) is 28.8. The Morgan fingerprint density at radius 1 is 0.667 bits per heavy atom. The number of fused-ring (bicyclic) bond motifs is 5. The molecular weight excluding hydrogens is 1240 g/mol. The van der Waals surface area contributed by atoms with E-state index in [9.17, 15) is 47.0 Å². The number of halogens is 6. The summed E-state index contributed by atoms with van der Waals surface area (Å²) < 4.78 is 86.0. The second-order valence-corrected chi connectivity index (χ2v) is 22.1. The van der Waals surface area contributed by atoms with E-state index >= 15 is 8.78 Å². The van der Waals surface area contributed by atoms with Crippen molar-refractivity contribution >= 4 is 94.0 Å². The van der Waals surface area contributed by atoms with Crippen molar-refractivity contribution in [1.29, 1.82) is 0 Å². The second-order valence-electron chi connectivity index (χ2n) is 21.2. The number of carboxylic acid groups (broad SMARTS) is 1. The molecule has 1 aliphatic rings. The highest BCUT2D eigenvalue weighted by atomic mass is 79.9. The molecule has 0 radical (unpaired) electrons. The van der Waals surface area contributed by atoms with Gasteiger partial charge in [0.25, 0.3) is 22.6 Å². The molecule has 0 bridgehead atoms. The largest absolute Gasteiger partial charge is 0.480 e. The molecule has 1 aliphatic heterocycles. The van der Waals surface area contributed by atoms with Gasteiger partial charge in [0.15, 0.2) is 0 Å². The SMILES string of the molecule is COC(=O)[C@@H](N)Cc1ccc(-c2cc3ccccc3n(C)c2=O)c2ncccc12.Cn1c(=O)c(-c2ccc(C[C@H](NC(=O)c3c(F)cc(N4CCOC[C@@H]4C(F)(F)F)cc3F)C(=O)O)c3cccnc23)cc2ccccc21.Cn1c(=O)c(Br)cc2ccccc21. The summed E-state index contributed by atoms with van der Waals surface area (Å²) in [4.78, 5) is 84.7. The van der Waals surface area contributed by atoms with E-state index in [1.165, 1.54) is 17.9 Å². The van der Waals surface area contributed by atoms with Crippen molar-refractivity contribution in [3.63, 3.8) is 0 Å². The summed E-state index contributed by atoms with van der Waals surface area (Å²) >= 11 is 3.23. The lowest BCUT2D eigenvalue weighted by Gasteiger charge is -2.38. The van der Waals surface area contributed by atoms with Crippen LogP contribution in [0.2, 0.25) is 0 Å². The fourth-order valence-corrected chi connectivity index (χ4v) is 11.6. The van der Waals surface area contributed by atoms with Gasteiger partial charge in [0.2, 0.25) is 0 Å². The molecule has 0 unspecified atom stereocenters. The van der Waals surface area contributed by atoms with Crippen molar-refractivity contribution in [2.24, 2.45) is 26.9 Å². The van der Waals surface area contributed by atoms with Gasteiger partial charge in [-0.15, -0.1) is 0 Å². The molecule has 0 saturated carbocycles. The van der Waals surface area contributed by atoms with Crippen molar-refractivity contribution in [1.82, 2.24) is 29.0 Å². The molecule has 5 aromatic heterocycles. The van der Waals surface area contributed by atoms with Crippen LogP contribution in [0.4, 0.5) is 27.6 Å². The molecule has 0 spiro atoms. The van der Waals surface area contributed by atoms with Crippen LogP contribution in [-0.4, -0.2) is 97.8 Å². The maximum absolute atomic E-state index is 15.2. The van der Waals surface area contributed by atoms with E-state index < -0.39 is 71.6 Å². The zero-order chi connectivity index (χ0) is 64.3. The number of aliphatic carboxylic acids is 1. The molecule has 23 heteroatoms. The number of rotatable bonds is 11. The van der Waals surface area contributed by atoms with E-state index in [1.807, 2.05) is 109 Å². The van der Waals surface area contributed by atoms with Crippen LogP contribution < -0.4 is 32.6 Å². The van der Waals surface area contributed by atoms with Gasteiger partial charge in [-0.1, -0.05) is 91.0 Å². The minimum absolute atomic E-state index is 0.00120. The third kappa shape index (κ3) is 12.8. The molecule has 11 aromatic rings. The lowest BCUT2D eigenvalue weighted by Crippen LogP contribution is -2.53. The van der Waals surface area contributed by atoms with Gasteiger partial charge < -0.3 is 44.2 Å². The smallest absolute Gasteiger partial charge is 0.411 e. The summed E-state index contributed by atoms with van der Waals surface area (Å²) in [6.45, 7) is -1.14. The number of amides is 1. The van der Waals surface area contributed by atoms with Crippen LogP contribution in [0.15, 0.2) is 183 Å². The highest BCUT2D eigenvalue weighted by Gasteiger charge is 2.46. The van der Waals surface area contributed by atoms with Crippen molar-refractivity contribution in [3.8, 4) is 22.3 Å². The molecule has 1 fully saturated rings. The zero-order valence-corrected chi connectivity index (χ0v) is 50.2. The van der Waals surface area contributed by atoms with Crippen LogP contribution in [-0.2, 0) is 53.0 Å². The van der Waals surface area contributed by atoms with Crippen molar-refractivity contribution in [2.75, 3.05) is 31.8 Å². The average molecular weight is 1290 g/mol. The Hall–Kier alpha value is -9.97. The zero-order valence-electron chi connectivity index (χ0n) is 48.6. The van der Waals surface area contributed by atoms with Gasteiger partial charge in [-0.3, -0.25) is 33.9 Å². The summed E-state index contributed by atoms with van der Waals surface area (Å²) in [7, 11) is 6.52. The van der Waals surface area contributed by atoms with E-state index in [1.54, 1.807) is 66.8 Å². The topological polar surface area (TPSA) is 223 Å². The molecule has 12 rings (SSSR count). The van der Waals surface area contributed by atoms with Gasteiger partial charge in [-0.2, -0.15) is 13.2 Å².